The van der Waals surface area contributed by atoms with Crippen LogP contribution in [-0.4, -0.2) is 42.8 Å². The first-order chi connectivity index (χ1) is 9.92. The van der Waals surface area contributed by atoms with Crippen molar-refractivity contribution in [2.24, 2.45) is 0 Å². The summed E-state index contributed by atoms with van der Waals surface area (Å²) < 4.78 is 5.38. The van der Waals surface area contributed by atoms with Gasteiger partial charge < -0.3 is 15.0 Å². The molecule has 0 aliphatic heterocycles. The van der Waals surface area contributed by atoms with E-state index in [-0.39, 0.29) is 6.09 Å². The van der Waals surface area contributed by atoms with Crippen LogP contribution >= 0.6 is 0 Å². The Morgan fingerprint density at radius 3 is 2.43 bits per heavy atom. The van der Waals surface area contributed by atoms with Gasteiger partial charge in [0.05, 0.1) is 0 Å². The largest absolute Gasteiger partial charge is 0.444 e. The summed E-state index contributed by atoms with van der Waals surface area (Å²) in [5.41, 5.74) is 0.884. The van der Waals surface area contributed by atoms with Crippen LogP contribution in [0.4, 0.5) is 4.79 Å². The highest BCUT2D eigenvalue weighted by Gasteiger charge is 2.20. The van der Waals surface area contributed by atoms with E-state index in [1.54, 1.807) is 4.90 Å². The number of carbonyl (C=O) groups is 1. The molecule has 1 aromatic carbocycles. The van der Waals surface area contributed by atoms with Crippen molar-refractivity contribution in [2.75, 3.05) is 26.2 Å². The van der Waals surface area contributed by atoms with Crippen LogP contribution in [-0.2, 0) is 11.2 Å². The Hall–Kier alpha value is -1.55. The lowest BCUT2D eigenvalue weighted by Crippen LogP contribution is -2.40. The minimum atomic E-state index is -0.439. The predicted octanol–water partition coefficient (Wildman–Crippen LogP) is 3.08. The Bertz CT molecular complexity index is 413. The van der Waals surface area contributed by atoms with Gasteiger partial charge in [0.25, 0.3) is 0 Å². The minimum Gasteiger partial charge on any atom is -0.444 e. The van der Waals surface area contributed by atoms with Crippen molar-refractivity contribution in [1.82, 2.24) is 10.2 Å². The third kappa shape index (κ3) is 7.71. The maximum Gasteiger partial charge on any atom is 0.410 e. The van der Waals surface area contributed by atoms with Gasteiger partial charge in [-0.25, -0.2) is 4.79 Å². The highest BCUT2D eigenvalue weighted by molar-refractivity contribution is 5.68. The van der Waals surface area contributed by atoms with Crippen LogP contribution in [0.5, 0.6) is 0 Å². The summed E-state index contributed by atoms with van der Waals surface area (Å²) in [6.45, 7) is 10.6. The van der Waals surface area contributed by atoms with Crippen LogP contribution in [0.2, 0.25) is 0 Å². The fraction of sp³-hybridized carbons (Fsp3) is 0.588. The van der Waals surface area contributed by atoms with Crippen molar-refractivity contribution in [3.63, 3.8) is 0 Å². The Morgan fingerprint density at radius 2 is 1.86 bits per heavy atom. The van der Waals surface area contributed by atoms with Crippen molar-refractivity contribution in [1.29, 1.82) is 0 Å². The summed E-state index contributed by atoms with van der Waals surface area (Å²) in [5, 5.41) is 3.37. The second-order valence-corrected chi connectivity index (χ2v) is 6.05. The molecule has 0 saturated carbocycles. The zero-order valence-electron chi connectivity index (χ0n) is 13.7. The molecule has 0 atom stereocenters. The number of hydrogen-bond acceptors (Lipinski definition) is 3. The highest BCUT2D eigenvalue weighted by Crippen LogP contribution is 2.09. The first-order valence-electron chi connectivity index (χ1n) is 7.65. The average Bonchev–Trinajstić information content (AvgIpc) is 2.42. The van der Waals surface area contributed by atoms with Gasteiger partial charge >= 0.3 is 6.09 Å². The SMILES string of the molecule is CCN(CCNCCc1ccccc1)C(=O)OC(C)(C)C. The van der Waals surface area contributed by atoms with Crippen LogP contribution in [0.15, 0.2) is 30.3 Å². The van der Waals surface area contributed by atoms with Gasteiger partial charge in [-0.3, -0.25) is 0 Å². The number of carbonyl (C=O) groups excluding carboxylic acids is 1. The average molecular weight is 292 g/mol. The molecule has 0 spiro atoms. The number of benzene rings is 1. The molecule has 0 heterocycles. The van der Waals surface area contributed by atoms with Crippen LogP contribution in [0.3, 0.4) is 0 Å². The fourth-order valence-electron chi connectivity index (χ4n) is 1.92. The standard InChI is InChI=1S/C17H28N2O2/c1-5-19(16(20)21-17(2,3)4)14-13-18-12-11-15-9-7-6-8-10-15/h6-10,18H,5,11-14H2,1-4H3. The maximum absolute atomic E-state index is 12.0. The fourth-order valence-corrected chi connectivity index (χ4v) is 1.92. The van der Waals surface area contributed by atoms with Crippen molar-refractivity contribution in [2.45, 2.75) is 39.7 Å². The molecule has 4 nitrogen and oxygen atoms in total. The zero-order chi connectivity index (χ0) is 15.7. The molecule has 1 aromatic rings. The van der Waals surface area contributed by atoms with Crippen LogP contribution in [0.1, 0.15) is 33.3 Å². The quantitative estimate of drug-likeness (QED) is 0.785. The third-order valence-electron chi connectivity index (χ3n) is 3.03. The topological polar surface area (TPSA) is 41.6 Å². The van der Waals surface area contributed by atoms with E-state index in [1.165, 1.54) is 5.56 Å². The Morgan fingerprint density at radius 1 is 1.19 bits per heavy atom. The molecule has 1 rings (SSSR count). The smallest absolute Gasteiger partial charge is 0.410 e. The monoisotopic (exact) mass is 292 g/mol. The number of amides is 1. The normalized spacial score (nSPS) is 11.2. The van der Waals surface area contributed by atoms with Crippen molar-refractivity contribution in [3.05, 3.63) is 35.9 Å². The lowest BCUT2D eigenvalue weighted by atomic mass is 10.1. The number of rotatable bonds is 7. The van der Waals surface area contributed by atoms with E-state index >= 15 is 0 Å². The predicted molar refractivity (Wildman–Crippen MR) is 86.5 cm³/mol. The van der Waals surface area contributed by atoms with E-state index in [4.69, 9.17) is 4.74 Å². The molecule has 0 aliphatic carbocycles. The summed E-state index contributed by atoms with van der Waals surface area (Å²) in [6, 6.07) is 10.4. The molecule has 0 radical (unpaired) electrons. The third-order valence-corrected chi connectivity index (χ3v) is 3.03. The summed E-state index contributed by atoms with van der Waals surface area (Å²) >= 11 is 0. The van der Waals surface area contributed by atoms with Gasteiger partial charge in [-0.2, -0.15) is 0 Å². The lowest BCUT2D eigenvalue weighted by molar-refractivity contribution is 0.0262. The Kier molecular flexibility index (Phi) is 7.23. The number of ether oxygens (including phenoxy) is 1. The van der Waals surface area contributed by atoms with E-state index in [1.807, 2.05) is 33.8 Å². The Labute approximate surface area is 128 Å². The molecule has 0 unspecified atom stereocenters. The van der Waals surface area contributed by atoms with Gasteiger partial charge in [-0.1, -0.05) is 30.3 Å². The number of likely N-dealkylation sites (N-methyl/N-ethyl adjacent to an activating group) is 1. The van der Waals surface area contributed by atoms with E-state index in [0.717, 1.165) is 19.5 Å². The molecular formula is C17H28N2O2. The van der Waals surface area contributed by atoms with E-state index in [9.17, 15) is 4.79 Å². The van der Waals surface area contributed by atoms with Gasteiger partial charge in [0.15, 0.2) is 0 Å². The molecule has 21 heavy (non-hydrogen) atoms. The van der Waals surface area contributed by atoms with Gasteiger partial charge in [0.1, 0.15) is 5.60 Å². The number of nitrogens with zero attached hydrogens (tertiary/aromatic N) is 1. The molecule has 1 N–H and O–H groups in total. The number of nitrogens with one attached hydrogen (secondary N) is 1. The Balaban J connectivity index is 2.22. The first-order valence-corrected chi connectivity index (χ1v) is 7.65. The zero-order valence-corrected chi connectivity index (χ0v) is 13.7. The molecule has 0 aliphatic rings. The molecule has 0 fully saturated rings. The molecule has 4 heteroatoms. The van der Waals surface area contributed by atoms with Gasteiger partial charge in [0.2, 0.25) is 0 Å². The van der Waals surface area contributed by atoms with Crippen molar-refractivity contribution in [3.8, 4) is 0 Å². The molecule has 0 bridgehead atoms. The minimum absolute atomic E-state index is 0.241. The molecule has 1 amide bonds. The molecule has 0 saturated heterocycles. The number of hydrogen-bond donors (Lipinski definition) is 1. The molecular weight excluding hydrogens is 264 g/mol. The molecule has 0 aromatic heterocycles. The van der Waals surface area contributed by atoms with Crippen molar-refractivity contribution < 1.29 is 9.53 Å². The second-order valence-electron chi connectivity index (χ2n) is 6.05. The maximum atomic E-state index is 12.0. The van der Waals surface area contributed by atoms with E-state index in [0.29, 0.717) is 13.1 Å². The van der Waals surface area contributed by atoms with Gasteiger partial charge in [0, 0.05) is 19.6 Å². The van der Waals surface area contributed by atoms with Gasteiger partial charge in [-0.15, -0.1) is 0 Å². The lowest BCUT2D eigenvalue weighted by Gasteiger charge is -2.26. The molecule has 118 valence electrons. The second kappa shape index (κ2) is 8.67. The summed E-state index contributed by atoms with van der Waals surface area (Å²) in [6.07, 6.45) is 0.759. The van der Waals surface area contributed by atoms with E-state index in [2.05, 4.69) is 29.6 Å². The van der Waals surface area contributed by atoms with Crippen LogP contribution in [0.25, 0.3) is 0 Å². The highest BCUT2D eigenvalue weighted by atomic mass is 16.6. The van der Waals surface area contributed by atoms with Crippen molar-refractivity contribution >= 4 is 6.09 Å². The van der Waals surface area contributed by atoms with E-state index < -0.39 is 5.60 Å². The first kappa shape index (κ1) is 17.5. The van der Waals surface area contributed by atoms with Gasteiger partial charge in [-0.05, 0) is 46.2 Å². The summed E-state index contributed by atoms with van der Waals surface area (Å²) in [7, 11) is 0. The van der Waals surface area contributed by atoms with Crippen LogP contribution in [0, 0.1) is 0 Å². The summed E-state index contributed by atoms with van der Waals surface area (Å²) in [5.74, 6) is 0. The summed E-state index contributed by atoms with van der Waals surface area (Å²) in [4.78, 5) is 13.7. The van der Waals surface area contributed by atoms with Crippen LogP contribution < -0.4 is 5.32 Å².